The van der Waals surface area contributed by atoms with Gasteiger partial charge in [-0.15, -0.1) is 0 Å². The summed E-state index contributed by atoms with van der Waals surface area (Å²) in [5.74, 6) is 0.00615. The van der Waals surface area contributed by atoms with Crippen LogP contribution in [0.5, 0.6) is 0 Å². The third kappa shape index (κ3) is 5.10. The van der Waals surface area contributed by atoms with Crippen LogP contribution >= 0.6 is 11.6 Å². The van der Waals surface area contributed by atoms with Gasteiger partial charge in [-0.3, -0.25) is 4.79 Å². The maximum Gasteiger partial charge on any atom is 0.244 e. The zero-order chi connectivity index (χ0) is 23.6. The number of hydrogen-bond acceptors (Lipinski definition) is 6. The number of aromatic nitrogens is 2. The molecule has 1 fully saturated rings. The molecule has 1 aliphatic heterocycles. The number of aryl methyl sites for hydroxylation is 2. The van der Waals surface area contributed by atoms with Gasteiger partial charge in [0.1, 0.15) is 4.90 Å². The van der Waals surface area contributed by atoms with Crippen LogP contribution in [-0.4, -0.2) is 41.9 Å². The summed E-state index contributed by atoms with van der Waals surface area (Å²) in [5, 5.41) is 6.85. The van der Waals surface area contributed by atoms with Crippen LogP contribution in [0.15, 0.2) is 51.9 Å². The number of amides is 1. The van der Waals surface area contributed by atoms with Gasteiger partial charge >= 0.3 is 0 Å². The molecule has 4 rings (SSSR count). The first-order chi connectivity index (χ1) is 15.8. The highest BCUT2D eigenvalue weighted by atomic mass is 35.5. The van der Waals surface area contributed by atoms with Crippen molar-refractivity contribution in [2.45, 2.75) is 38.0 Å². The molecule has 1 N–H and O–H groups in total. The van der Waals surface area contributed by atoms with Crippen LogP contribution in [0.25, 0.3) is 11.4 Å². The Labute approximate surface area is 198 Å². The molecule has 1 saturated heterocycles. The molecule has 174 valence electrons. The van der Waals surface area contributed by atoms with Crippen LogP contribution in [0.1, 0.15) is 31.2 Å². The third-order valence-electron chi connectivity index (χ3n) is 5.72. The van der Waals surface area contributed by atoms with E-state index in [2.05, 4.69) is 22.4 Å². The fourth-order valence-electron chi connectivity index (χ4n) is 3.84. The summed E-state index contributed by atoms with van der Waals surface area (Å²) in [6.45, 7) is 4.12. The van der Waals surface area contributed by atoms with E-state index in [1.807, 2.05) is 24.3 Å². The molecule has 1 unspecified atom stereocenters. The van der Waals surface area contributed by atoms with Gasteiger partial charge in [0, 0.05) is 31.3 Å². The van der Waals surface area contributed by atoms with Crippen molar-refractivity contribution in [2.24, 2.45) is 5.92 Å². The number of nitrogens with zero attached hydrogens (tertiary/aromatic N) is 3. The summed E-state index contributed by atoms with van der Waals surface area (Å²) in [6.07, 6.45) is 2.11. The van der Waals surface area contributed by atoms with Gasteiger partial charge in [-0.25, -0.2) is 8.42 Å². The minimum absolute atomic E-state index is 0.0414. The number of piperidine rings is 1. The molecule has 33 heavy (non-hydrogen) atoms. The highest BCUT2D eigenvalue weighted by Gasteiger charge is 2.34. The molecular weight excluding hydrogens is 464 g/mol. The van der Waals surface area contributed by atoms with Gasteiger partial charge in [0.2, 0.25) is 27.6 Å². The van der Waals surface area contributed by atoms with Crippen LogP contribution in [0, 0.1) is 12.8 Å². The maximum absolute atomic E-state index is 13.4. The molecule has 3 aromatic rings. The molecule has 0 spiro atoms. The molecule has 8 nitrogen and oxygen atoms in total. The Kier molecular flexibility index (Phi) is 6.83. The molecule has 1 aromatic heterocycles. The van der Waals surface area contributed by atoms with Gasteiger partial charge in [0.05, 0.1) is 10.9 Å². The number of carbonyl (C=O) groups excluding carboxylic acids is 1. The van der Waals surface area contributed by atoms with Crippen LogP contribution in [-0.2, 0) is 21.2 Å². The van der Waals surface area contributed by atoms with Gasteiger partial charge in [-0.05, 0) is 55.2 Å². The van der Waals surface area contributed by atoms with Crippen LogP contribution in [0.4, 0.5) is 5.69 Å². The minimum atomic E-state index is -3.93. The molecule has 0 bridgehead atoms. The third-order valence-corrected chi connectivity index (χ3v) is 8.07. The Hall–Kier alpha value is -2.75. The van der Waals surface area contributed by atoms with Crippen molar-refractivity contribution in [1.29, 1.82) is 0 Å². The standard InChI is InChI=1S/C23H25ClN4O4S/c1-3-16-6-9-19(10-7-16)26-23(29)18-5-4-12-28(14-18)33(30,31)21-13-17(8-11-20(21)24)22-25-15(2)32-27-22/h6-11,13,18H,3-5,12,14H2,1-2H3,(H,26,29). The van der Waals surface area contributed by atoms with Gasteiger partial charge < -0.3 is 9.84 Å². The number of hydrogen-bond donors (Lipinski definition) is 1. The Morgan fingerprint density at radius 1 is 1.24 bits per heavy atom. The van der Waals surface area contributed by atoms with Crippen molar-refractivity contribution in [3.05, 3.63) is 58.9 Å². The molecule has 2 aromatic carbocycles. The number of benzene rings is 2. The number of carbonyl (C=O) groups is 1. The van der Waals surface area contributed by atoms with Crippen molar-refractivity contribution in [2.75, 3.05) is 18.4 Å². The average molecular weight is 489 g/mol. The molecule has 0 aliphatic carbocycles. The van der Waals surface area contributed by atoms with E-state index in [1.165, 1.54) is 22.0 Å². The first kappa shape index (κ1) is 23.4. The smallest absolute Gasteiger partial charge is 0.244 e. The van der Waals surface area contributed by atoms with Crippen LogP contribution in [0.3, 0.4) is 0 Å². The average Bonchev–Trinajstić information content (AvgIpc) is 3.26. The van der Waals surface area contributed by atoms with E-state index in [1.54, 1.807) is 13.0 Å². The van der Waals surface area contributed by atoms with Gasteiger partial charge in [0.25, 0.3) is 0 Å². The van der Waals surface area contributed by atoms with E-state index in [4.69, 9.17) is 16.1 Å². The Balaban J connectivity index is 1.52. The monoisotopic (exact) mass is 488 g/mol. The van der Waals surface area contributed by atoms with Crippen molar-refractivity contribution in [3.8, 4) is 11.4 Å². The summed E-state index contributed by atoms with van der Waals surface area (Å²) in [5.41, 5.74) is 2.36. The Morgan fingerprint density at radius 3 is 2.67 bits per heavy atom. The highest BCUT2D eigenvalue weighted by Crippen LogP contribution is 2.31. The predicted octanol–water partition coefficient (Wildman–Crippen LogP) is 4.30. The number of halogens is 1. The first-order valence-electron chi connectivity index (χ1n) is 10.8. The van der Waals surface area contributed by atoms with E-state index in [0.717, 1.165) is 6.42 Å². The second-order valence-electron chi connectivity index (χ2n) is 8.02. The molecule has 1 aliphatic rings. The summed E-state index contributed by atoms with van der Waals surface area (Å²) in [6, 6.07) is 12.2. The van der Waals surface area contributed by atoms with E-state index >= 15 is 0 Å². The fraction of sp³-hybridized carbons (Fsp3) is 0.348. The van der Waals surface area contributed by atoms with E-state index in [0.29, 0.717) is 36.5 Å². The first-order valence-corrected chi connectivity index (χ1v) is 12.6. The lowest BCUT2D eigenvalue weighted by Crippen LogP contribution is -2.43. The van der Waals surface area contributed by atoms with Crippen molar-refractivity contribution in [3.63, 3.8) is 0 Å². The molecule has 1 atom stereocenters. The van der Waals surface area contributed by atoms with Crippen LogP contribution < -0.4 is 5.32 Å². The zero-order valence-corrected chi connectivity index (χ0v) is 20.0. The minimum Gasteiger partial charge on any atom is -0.339 e. The highest BCUT2D eigenvalue weighted by molar-refractivity contribution is 7.89. The summed E-state index contributed by atoms with van der Waals surface area (Å²) in [4.78, 5) is 17.0. The lowest BCUT2D eigenvalue weighted by molar-refractivity contribution is -0.120. The van der Waals surface area contributed by atoms with Crippen molar-refractivity contribution >= 4 is 33.2 Å². The lowest BCUT2D eigenvalue weighted by atomic mass is 9.98. The maximum atomic E-state index is 13.4. The number of anilines is 1. The normalized spacial score (nSPS) is 17.1. The van der Waals surface area contributed by atoms with E-state index in [-0.39, 0.29) is 28.2 Å². The molecule has 1 amide bonds. The predicted molar refractivity (Wildman–Crippen MR) is 125 cm³/mol. The molecule has 2 heterocycles. The second-order valence-corrected chi connectivity index (χ2v) is 10.3. The number of nitrogens with one attached hydrogen (secondary N) is 1. The Morgan fingerprint density at radius 2 is 2.00 bits per heavy atom. The lowest BCUT2D eigenvalue weighted by Gasteiger charge is -2.31. The van der Waals surface area contributed by atoms with Gasteiger partial charge in [-0.1, -0.05) is 35.8 Å². The SMILES string of the molecule is CCc1ccc(NC(=O)C2CCCN(S(=O)(=O)c3cc(-c4noc(C)n4)ccc3Cl)C2)cc1. The summed E-state index contributed by atoms with van der Waals surface area (Å²) in [7, 11) is -3.93. The van der Waals surface area contributed by atoms with Crippen LogP contribution in [0.2, 0.25) is 5.02 Å². The number of rotatable bonds is 6. The molecule has 0 saturated carbocycles. The van der Waals surface area contributed by atoms with E-state index in [9.17, 15) is 13.2 Å². The molecular formula is C23H25ClN4O4S. The topological polar surface area (TPSA) is 105 Å². The second kappa shape index (κ2) is 9.62. The fourth-order valence-corrected chi connectivity index (χ4v) is 5.86. The Bertz CT molecular complexity index is 1260. The molecule has 10 heteroatoms. The van der Waals surface area contributed by atoms with Crippen molar-refractivity contribution < 1.29 is 17.7 Å². The number of sulfonamides is 1. The van der Waals surface area contributed by atoms with Gasteiger partial charge in [-0.2, -0.15) is 9.29 Å². The summed E-state index contributed by atoms with van der Waals surface area (Å²) >= 11 is 6.27. The van der Waals surface area contributed by atoms with Gasteiger partial charge in [0.15, 0.2) is 0 Å². The summed E-state index contributed by atoms with van der Waals surface area (Å²) < 4.78 is 33.2. The quantitative estimate of drug-likeness (QED) is 0.554. The largest absolute Gasteiger partial charge is 0.339 e. The molecule has 0 radical (unpaired) electrons. The zero-order valence-electron chi connectivity index (χ0n) is 18.4. The van der Waals surface area contributed by atoms with E-state index < -0.39 is 15.9 Å². The van der Waals surface area contributed by atoms with Crippen molar-refractivity contribution in [1.82, 2.24) is 14.4 Å².